The van der Waals surface area contributed by atoms with E-state index in [-0.39, 0.29) is 18.3 Å². The molecule has 1 aromatic heterocycles. The first-order chi connectivity index (χ1) is 16.0. The first kappa shape index (κ1) is 27.4. The number of fused-ring (bicyclic) bond motifs is 1. The Bertz CT molecular complexity index is 1110. The van der Waals surface area contributed by atoms with Crippen molar-refractivity contribution in [1.82, 2.24) is 9.88 Å². The molecule has 0 saturated carbocycles. The monoisotopic (exact) mass is 505 g/mol. The van der Waals surface area contributed by atoms with E-state index in [0.717, 1.165) is 41.2 Å². The number of ether oxygens (including phenoxy) is 3. The lowest BCUT2D eigenvalue weighted by molar-refractivity contribution is -0.114. The quantitative estimate of drug-likeness (QED) is 0.336. The zero-order valence-corrected chi connectivity index (χ0v) is 21.9. The zero-order chi connectivity index (χ0) is 23.8. The Kier molecular flexibility index (Phi) is 10.6. The van der Waals surface area contributed by atoms with Gasteiger partial charge in [-0.3, -0.25) is 9.69 Å². The maximum Gasteiger partial charge on any atom is 0.252 e. The van der Waals surface area contributed by atoms with Crippen LogP contribution >= 0.6 is 23.7 Å². The van der Waals surface area contributed by atoms with Crippen LogP contribution in [0, 0.1) is 0 Å². The van der Waals surface area contributed by atoms with Crippen molar-refractivity contribution in [2.75, 3.05) is 52.4 Å². The fourth-order valence-corrected chi connectivity index (χ4v) is 4.46. The van der Waals surface area contributed by atoms with E-state index in [4.69, 9.17) is 19.2 Å². The van der Waals surface area contributed by atoms with Crippen molar-refractivity contribution in [2.24, 2.45) is 0 Å². The van der Waals surface area contributed by atoms with Crippen molar-refractivity contribution >= 4 is 51.1 Å². The molecule has 7 nitrogen and oxygen atoms in total. The number of hydrogen-bond acceptors (Lipinski definition) is 7. The molecule has 3 aromatic rings. The van der Waals surface area contributed by atoms with Crippen LogP contribution in [0.4, 0.5) is 5.13 Å². The number of hydrogen-bond donors (Lipinski definition) is 0. The number of amides is 1. The summed E-state index contributed by atoms with van der Waals surface area (Å²) < 4.78 is 17.0. The molecule has 0 saturated heterocycles. The Morgan fingerprint density at radius 3 is 2.35 bits per heavy atom. The molecule has 0 unspecified atom stereocenters. The van der Waals surface area contributed by atoms with E-state index in [1.165, 1.54) is 11.3 Å². The number of benzene rings is 2. The Labute approximate surface area is 211 Å². The van der Waals surface area contributed by atoms with Crippen molar-refractivity contribution in [1.29, 1.82) is 0 Å². The predicted molar refractivity (Wildman–Crippen MR) is 142 cm³/mol. The summed E-state index contributed by atoms with van der Waals surface area (Å²) in [6, 6.07) is 11.3. The van der Waals surface area contributed by atoms with Crippen LogP contribution in [-0.4, -0.2) is 63.3 Å². The van der Waals surface area contributed by atoms with Crippen LogP contribution in [0.2, 0.25) is 0 Å². The molecule has 34 heavy (non-hydrogen) atoms. The number of nitrogens with zero attached hydrogens (tertiary/aromatic N) is 3. The average Bonchev–Trinajstić information content (AvgIpc) is 3.27. The van der Waals surface area contributed by atoms with Gasteiger partial charge >= 0.3 is 0 Å². The summed E-state index contributed by atoms with van der Waals surface area (Å²) in [6.07, 6.45) is 3.36. The van der Waals surface area contributed by atoms with Crippen molar-refractivity contribution in [3.63, 3.8) is 0 Å². The maximum absolute atomic E-state index is 13.3. The minimum Gasteiger partial charge on any atom is -0.497 e. The highest BCUT2D eigenvalue weighted by Crippen LogP contribution is 2.32. The Morgan fingerprint density at radius 2 is 1.71 bits per heavy atom. The van der Waals surface area contributed by atoms with Gasteiger partial charge in [0.05, 0.1) is 31.5 Å². The third-order valence-electron chi connectivity index (χ3n) is 5.44. The van der Waals surface area contributed by atoms with E-state index in [1.54, 1.807) is 38.4 Å². The lowest BCUT2D eigenvalue weighted by atomic mass is 10.2. The second kappa shape index (κ2) is 13.2. The van der Waals surface area contributed by atoms with Crippen LogP contribution in [0.3, 0.4) is 0 Å². The van der Waals surface area contributed by atoms with Crippen molar-refractivity contribution < 1.29 is 19.0 Å². The molecule has 0 aliphatic rings. The highest BCUT2D eigenvalue weighted by Gasteiger charge is 2.19. The molecule has 0 bridgehead atoms. The molecule has 184 valence electrons. The smallest absolute Gasteiger partial charge is 0.252 e. The third-order valence-corrected chi connectivity index (χ3v) is 6.48. The molecule has 1 heterocycles. The molecule has 1 amide bonds. The van der Waals surface area contributed by atoms with E-state index >= 15 is 0 Å². The van der Waals surface area contributed by atoms with Crippen LogP contribution in [0.25, 0.3) is 16.3 Å². The Hall–Kier alpha value is -2.81. The zero-order valence-electron chi connectivity index (χ0n) is 20.2. The maximum atomic E-state index is 13.3. The number of likely N-dealkylation sites (N-methyl/N-ethyl adjacent to an activating group) is 1. The Balaban J connectivity index is 0.00000408. The molecule has 0 fully saturated rings. The molecule has 0 aliphatic heterocycles. The van der Waals surface area contributed by atoms with Gasteiger partial charge in [0.15, 0.2) is 16.6 Å². The molecule has 3 rings (SSSR count). The molecule has 9 heteroatoms. The van der Waals surface area contributed by atoms with E-state index in [9.17, 15) is 4.79 Å². The minimum absolute atomic E-state index is 0. The summed E-state index contributed by atoms with van der Waals surface area (Å²) in [7, 11) is 4.83. The van der Waals surface area contributed by atoms with Gasteiger partial charge in [0.2, 0.25) is 0 Å². The van der Waals surface area contributed by atoms with Gasteiger partial charge < -0.3 is 19.1 Å². The number of halogens is 1. The van der Waals surface area contributed by atoms with Gasteiger partial charge in [-0.05, 0) is 55.1 Å². The van der Waals surface area contributed by atoms with Gasteiger partial charge in [-0.2, -0.15) is 0 Å². The highest BCUT2D eigenvalue weighted by molar-refractivity contribution is 7.22. The fraction of sp³-hybridized carbons (Fsp3) is 0.360. The minimum atomic E-state index is -0.122. The second-order valence-corrected chi connectivity index (χ2v) is 8.30. The topological polar surface area (TPSA) is 64.1 Å². The number of carbonyl (C=O) groups is 1. The standard InChI is InChI=1S/C25H31N3O4S.ClH/c1-6-27(7-2)14-15-28(25-26-20-11-10-19(30-3)17-23(20)33-25)24(29)13-9-18-8-12-21(31-4)22(16-18)32-5;/h8-13,16-17H,6-7,14-15H2,1-5H3;1H. The normalized spacial score (nSPS) is 11.0. The van der Waals surface area contributed by atoms with Gasteiger partial charge in [-0.15, -0.1) is 12.4 Å². The van der Waals surface area contributed by atoms with E-state index in [0.29, 0.717) is 23.2 Å². The first-order valence-electron chi connectivity index (χ1n) is 10.9. The molecule has 0 radical (unpaired) electrons. The summed E-state index contributed by atoms with van der Waals surface area (Å²) in [5, 5.41) is 0.673. The van der Waals surface area contributed by atoms with E-state index < -0.39 is 0 Å². The number of thiazole rings is 1. The summed E-state index contributed by atoms with van der Waals surface area (Å²) >= 11 is 1.49. The molecular formula is C25H32ClN3O4S. The number of methoxy groups -OCH3 is 3. The third kappa shape index (κ3) is 6.62. The van der Waals surface area contributed by atoms with E-state index in [1.807, 2.05) is 36.4 Å². The summed E-state index contributed by atoms with van der Waals surface area (Å²) in [5.74, 6) is 1.91. The average molecular weight is 506 g/mol. The van der Waals surface area contributed by atoms with Crippen molar-refractivity contribution in [2.45, 2.75) is 13.8 Å². The van der Waals surface area contributed by atoms with Crippen molar-refractivity contribution in [3.05, 3.63) is 48.0 Å². The molecule has 2 aromatic carbocycles. The number of carbonyl (C=O) groups excluding carboxylic acids is 1. The molecular weight excluding hydrogens is 474 g/mol. The van der Waals surface area contributed by atoms with Gasteiger partial charge in [0.1, 0.15) is 5.75 Å². The van der Waals surface area contributed by atoms with Crippen LogP contribution in [-0.2, 0) is 4.79 Å². The number of rotatable bonds is 11. The predicted octanol–water partition coefficient (Wildman–Crippen LogP) is 5.13. The summed E-state index contributed by atoms with van der Waals surface area (Å²) in [4.78, 5) is 22.0. The second-order valence-electron chi connectivity index (χ2n) is 7.29. The Morgan fingerprint density at radius 1 is 0.971 bits per heavy atom. The van der Waals surface area contributed by atoms with Gasteiger partial charge in [-0.1, -0.05) is 31.3 Å². The highest BCUT2D eigenvalue weighted by atomic mass is 35.5. The molecule has 0 aliphatic carbocycles. The van der Waals surface area contributed by atoms with Gasteiger partial charge in [-0.25, -0.2) is 4.98 Å². The van der Waals surface area contributed by atoms with E-state index in [2.05, 4.69) is 18.7 Å². The van der Waals surface area contributed by atoms with Crippen LogP contribution < -0.4 is 19.1 Å². The SMILES string of the molecule is CCN(CC)CCN(C(=O)C=Cc1ccc(OC)c(OC)c1)c1nc2ccc(OC)cc2s1.Cl. The number of aromatic nitrogens is 1. The molecule has 0 N–H and O–H groups in total. The largest absolute Gasteiger partial charge is 0.497 e. The van der Waals surface area contributed by atoms with Gasteiger partial charge in [0.25, 0.3) is 5.91 Å². The van der Waals surface area contributed by atoms with Crippen LogP contribution in [0.15, 0.2) is 42.5 Å². The summed E-state index contributed by atoms with van der Waals surface area (Å²) in [6.45, 7) is 7.41. The van der Waals surface area contributed by atoms with Gasteiger partial charge in [0, 0.05) is 19.2 Å². The first-order valence-corrected chi connectivity index (χ1v) is 11.7. The summed E-state index contributed by atoms with van der Waals surface area (Å²) in [5.41, 5.74) is 1.69. The van der Waals surface area contributed by atoms with Crippen LogP contribution in [0.1, 0.15) is 19.4 Å². The lowest BCUT2D eigenvalue weighted by Gasteiger charge is -2.23. The lowest BCUT2D eigenvalue weighted by Crippen LogP contribution is -2.38. The van der Waals surface area contributed by atoms with Crippen LogP contribution in [0.5, 0.6) is 17.2 Å². The van der Waals surface area contributed by atoms with Crippen molar-refractivity contribution in [3.8, 4) is 17.2 Å². The number of anilines is 1. The molecule has 0 spiro atoms. The molecule has 0 atom stereocenters. The fourth-order valence-electron chi connectivity index (χ4n) is 3.43.